The van der Waals surface area contributed by atoms with Crippen LogP contribution in [0.25, 0.3) is 17.2 Å². The zero-order valence-corrected chi connectivity index (χ0v) is 14.1. The smallest absolute Gasteiger partial charge is 0.00577 e. The van der Waals surface area contributed by atoms with Crippen molar-refractivity contribution in [1.29, 1.82) is 0 Å². The van der Waals surface area contributed by atoms with E-state index in [2.05, 4.69) is 55.5 Å². The zero-order valence-electron chi connectivity index (χ0n) is 14.1. The van der Waals surface area contributed by atoms with E-state index in [-0.39, 0.29) is 0 Å². The summed E-state index contributed by atoms with van der Waals surface area (Å²) in [6.07, 6.45) is 11.7. The zero-order chi connectivity index (χ0) is 15.6. The maximum Gasteiger partial charge on any atom is -0.00577 e. The Morgan fingerprint density at radius 3 is 2.61 bits per heavy atom. The molecule has 0 aliphatic heterocycles. The molecule has 2 aromatic rings. The van der Waals surface area contributed by atoms with Gasteiger partial charge in [-0.2, -0.15) is 0 Å². The summed E-state index contributed by atoms with van der Waals surface area (Å²) in [7, 11) is 0. The Kier molecular flexibility index (Phi) is 4.08. The molecule has 2 aromatic carbocycles. The lowest BCUT2D eigenvalue weighted by Crippen LogP contribution is -2.04. The molecular formula is C23H26. The second-order valence-electron chi connectivity index (χ2n) is 7.17. The predicted molar refractivity (Wildman–Crippen MR) is 99.7 cm³/mol. The molecule has 23 heavy (non-hydrogen) atoms. The third-order valence-electron chi connectivity index (χ3n) is 5.69. The van der Waals surface area contributed by atoms with E-state index in [1.54, 1.807) is 11.1 Å². The molecule has 2 aliphatic rings. The topological polar surface area (TPSA) is 0 Å². The molecule has 0 saturated heterocycles. The van der Waals surface area contributed by atoms with Crippen molar-refractivity contribution in [2.24, 2.45) is 0 Å². The van der Waals surface area contributed by atoms with Crippen LogP contribution < -0.4 is 0 Å². The number of rotatable bonds is 3. The van der Waals surface area contributed by atoms with Crippen molar-refractivity contribution in [3.8, 4) is 11.1 Å². The molecule has 1 fully saturated rings. The lowest BCUT2D eigenvalue weighted by molar-refractivity contribution is 0.444. The monoisotopic (exact) mass is 302 g/mol. The molecule has 0 nitrogen and oxygen atoms in total. The second kappa shape index (κ2) is 6.35. The van der Waals surface area contributed by atoms with Gasteiger partial charge in [0.15, 0.2) is 0 Å². The third kappa shape index (κ3) is 2.87. The van der Waals surface area contributed by atoms with Gasteiger partial charge in [0.25, 0.3) is 0 Å². The standard InChI is InChI=1S/C23H26/c1-2-17-14-20-12-7-13-22(23(20)15-17)21-11-6-10-19(16-21)18-8-4-3-5-9-18/h6-7,10-13,15-16,18H,2-5,8-9,14H2,1H3. The quantitative estimate of drug-likeness (QED) is 0.588. The van der Waals surface area contributed by atoms with Gasteiger partial charge in [0.1, 0.15) is 0 Å². The molecule has 0 bridgehead atoms. The van der Waals surface area contributed by atoms with Crippen LogP contribution in [0, 0.1) is 0 Å². The molecule has 0 spiro atoms. The van der Waals surface area contributed by atoms with Crippen LogP contribution in [0.1, 0.15) is 68.1 Å². The Labute approximate surface area is 140 Å². The number of benzene rings is 2. The number of hydrogen-bond donors (Lipinski definition) is 0. The minimum atomic E-state index is 0.780. The van der Waals surface area contributed by atoms with Crippen molar-refractivity contribution in [2.75, 3.05) is 0 Å². The highest BCUT2D eigenvalue weighted by molar-refractivity contribution is 5.81. The number of allylic oxidation sites excluding steroid dienone is 1. The fourth-order valence-electron chi connectivity index (χ4n) is 4.31. The fraction of sp³-hybridized carbons (Fsp3) is 0.391. The highest BCUT2D eigenvalue weighted by Gasteiger charge is 2.18. The van der Waals surface area contributed by atoms with Gasteiger partial charge in [0.2, 0.25) is 0 Å². The molecule has 2 aliphatic carbocycles. The first-order chi connectivity index (χ1) is 11.3. The van der Waals surface area contributed by atoms with Crippen LogP contribution >= 0.6 is 0 Å². The van der Waals surface area contributed by atoms with E-state index >= 15 is 0 Å². The first-order valence-electron chi connectivity index (χ1n) is 9.27. The maximum absolute atomic E-state index is 2.46. The largest absolute Gasteiger partial charge is 0.0655 e. The minimum Gasteiger partial charge on any atom is -0.0655 e. The summed E-state index contributed by atoms with van der Waals surface area (Å²) in [6.45, 7) is 2.26. The molecule has 0 atom stereocenters. The van der Waals surface area contributed by atoms with Crippen LogP contribution in [0.3, 0.4) is 0 Å². The lowest BCUT2D eigenvalue weighted by Gasteiger charge is -2.22. The summed E-state index contributed by atoms with van der Waals surface area (Å²) in [4.78, 5) is 0. The Morgan fingerprint density at radius 2 is 1.78 bits per heavy atom. The minimum absolute atomic E-state index is 0.780. The molecule has 0 N–H and O–H groups in total. The molecule has 0 heteroatoms. The van der Waals surface area contributed by atoms with Crippen LogP contribution in [0.2, 0.25) is 0 Å². The van der Waals surface area contributed by atoms with E-state index in [0.29, 0.717) is 0 Å². The molecular weight excluding hydrogens is 276 g/mol. The van der Waals surface area contributed by atoms with Crippen LogP contribution in [-0.4, -0.2) is 0 Å². The number of fused-ring (bicyclic) bond motifs is 1. The Hall–Kier alpha value is -1.82. The van der Waals surface area contributed by atoms with E-state index in [1.807, 2.05) is 0 Å². The van der Waals surface area contributed by atoms with E-state index in [9.17, 15) is 0 Å². The normalized spacial score (nSPS) is 17.9. The number of hydrogen-bond acceptors (Lipinski definition) is 0. The van der Waals surface area contributed by atoms with E-state index in [0.717, 1.165) is 18.8 Å². The molecule has 0 unspecified atom stereocenters. The summed E-state index contributed by atoms with van der Waals surface area (Å²) in [5.41, 5.74) is 8.91. The Bertz CT molecular complexity index is 729. The molecule has 0 amide bonds. The summed E-state index contributed by atoms with van der Waals surface area (Å²) < 4.78 is 0. The van der Waals surface area contributed by atoms with Gasteiger partial charge >= 0.3 is 0 Å². The van der Waals surface area contributed by atoms with Gasteiger partial charge in [0, 0.05) is 0 Å². The third-order valence-corrected chi connectivity index (χ3v) is 5.69. The summed E-state index contributed by atoms with van der Waals surface area (Å²) in [6, 6.07) is 16.2. The van der Waals surface area contributed by atoms with Crippen molar-refractivity contribution in [2.45, 2.75) is 57.8 Å². The summed E-state index contributed by atoms with van der Waals surface area (Å²) in [5, 5.41) is 0. The first-order valence-corrected chi connectivity index (χ1v) is 9.27. The van der Waals surface area contributed by atoms with Crippen molar-refractivity contribution in [3.05, 3.63) is 64.7 Å². The molecule has 0 heterocycles. The highest BCUT2D eigenvalue weighted by Crippen LogP contribution is 2.38. The lowest BCUT2D eigenvalue weighted by atomic mass is 9.83. The Morgan fingerprint density at radius 1 is 0.957 bits per heavy atom. The predicted octanol–water partition coefficient (Wildman–Crippen LogP) is 6.75. The van der Waals surface area contributed by atoms with Gasteiger partial charge < -0.3 is 0 Å². The second-order valence-corrected chi connectivity index (χ2v) is 7.17. The average molecular weight is 302 g/mol. The van der Waals surface area contributed by atoms with Gasteiger partial charge in [-0.25, -0.2) is 0 Å². The molecule has 0 aromatic heterocycles. The molecule has 118 valence electrons. The maximum atomic E-state index is 2.46. The van der Waals surface area contributed by atoms with E-state index < -0.39 is 0 Å². The van der Waals surface area contributed by atoms with Gasteiger partial charge in [0.05, 0.1) is 0 Å². The van der Waals surface area contributed by atoms with Crippen molar-refractivity contribution >= 4 is 6.08 Å². The summed E-state index contributed by atoms with van der Waals surface area (Å²) in [5.74, 6) is 0.780. The SMILES string of the molecule is CCC1=Cc2c(cccc2-c2cccc(C3CCCCC3)c2)C1. The van der Waals surface area contributed by atoms with Crippen molar-refractivity contribution < 1.29 is 0 Å². The van der Waals surface area contributed by atoms with Crippen molar-refractivity contribution in [3.63, 3.8) is 0 Å². The Balaban J connectivity index is 1.72. The van der Waals surface area contributed by atoms with Gasteiger partial charge in [-0.1, -0.05) is 80.3 Å². The van der Waals surface area contributed by atoms with Crippen LogP contribution in [0.5, 0.6) is 0 Å². The average Bonchev–Trinajstić information content (AvgIpc) is 3.06. The summed E-state index contributed by atoms with van der Waals surface area (Å²) >= 11 is 0. The van der Waals surface area contributed by atoms with Crippen LogP contribution in [-0.2, 0) is 6.42 Å². The highest BCUT2D eigenvalue weighted by atomic mass is 14.2. The van der Waals surface area contributed by atoms with E-state index in [1.165, 1.54) is 54.4 Å². The van der Waals surface area contributed by atoms with Gasteiger partial charge in [-0.05, 0) is 59.4 Å². The van der Waals surface area contributed by atoms with Crippen LogP contribution in [0.4, 0.5) is 0 Å². The molecule has 1 saturated carbocycles. The molecule has 4 rings (SSSR count). The first kappa shape index (κ1) is 14.8. The van der Waals surface area contributed by atoms with Gasteiger partial charge in [-0.15, -0.1) is 0 Å². The van der Waals surface area contributed by atoms with Gasteiger partial charge in [-0.3, -0.25) is 0 Å². The van der Waals surface area contributed by atoms with Crippen LogP contribution in [0.15, 0.2) is 48.0 Å². The fourth-order valence-corrected chi connectivity index (χ4v) is 4.31. The van der Waals surface area contributed by atoms with Crippen molar-refractivity contribution in [1.82, 2.24) is 0 Å². The van der Waals surface area contributed by atoms with E-state index in [4.69, 9.17) is 0 Å². The molecule has 0 radical (unpaired) electrons.